The van der Waals surface area contributed by atoms with Gasteiger partial charge in [0.1, 0.15) is 6.26 Å². The van der Waals surface area contributed by atoms with E-state index in [0.717, 1.165) is 55.2 Å². The Balaban J connectivity index is 1.28. The summed E-state index contributed by atoms with van der Waals surface area (Å²) in [5, 5.41) is 7.42. The number of rotatable bonds is 7. The second kappa shape index (κ2) is 10.2. The lowest BCUT2D eigenvalue weighted by atomic mass is 10.1. The second-order valence-electron chi connectivity index (χ2n) is 8.63. The van der Waals surface area contributed by atoms with Crippen LogP contribution in [0.3, 0.4) is 0 Å². The lowest BCUT2D eigenvalue weighted by molar-refractivity contribution is 0.0383. The number of hydrogen-bond donors (Lipinski definition) is 1. The van der Waals surface area contributed by atoms with Crippen LogP contribution < -0.4 is 10.9 Å². The molecule has 2 aromatic heterocycles. The molecule has 9 nitrogen and oxygen atoms in total. The van der Waals surface area contributed by atoms with E-state index in [1.807, 2.05) is 37.3 Å². The topological polar surface area (TPSA) is 102 Å². The van der Waals surface area contributed by atoms with Gasteiger partial charge in [-0.25, -0.2) is 4.98 Å². The van der Waals surface area contributed by atoms with E-state index in [9.17, 15) is 9.59 Å². The number of amides is 1. The highest BCUT2D eigenvalue weighted by Crippen LogP contribution is 2.24. The van der Waals surface area contributed by atoms with Gasteiger partial charge in [0.15, 0.2) is 0 Å². The highest BCUT2D eigenvalue weighted by molar-refractivity contribution is 5.94. The van der Waals surface area contributed by atoms with Crippen LogP contribution >= 0.6 is 0 Å². The molecule has 0 unspecified atom stereocenters. The fourth-order valence-electron chi connectivity index (χ4n) is 4.27. The molecule has 35 heavy (non-hydrogen) atoms. The lowest BCUT2D eigenvalue weighted by Gasteiger charge is -2.26. The number of carbonyl (C=O) groups excluding carboxylic acids is 1. The molecule has 5 rings (SSSR count). The van der Waals surface area contributed by atoms with Gasteiger partial charge < -0.3 is 14.6 Å². The molecular weight excluding hydrogens is 446 g/mol. The molecule has 1 aliphatic heterocycles. The Bertz CT molecular complexity index is 1400. The van der Waals surface area contributed by atoms with E-state index in [0.29, 0.717) is 29.6 Å². The molecule has 9 heteroatoms. The van der Waals surface area contributed by atoms with Gasteiger partial charge in [0.05, 0.1) is 42.7 Å². The monoisotopic (exact) mass is 473 g/mol. The zero-order valence-corrected chi connectivity index (χ0v) is 19.6. The molecule has 1 fully saturated rings. The van der Waals surface area contributed by atoms with Crippen LogP contribution in [0, 0.1) is 6.92 Å². The Morgan fingerprint density at radius 1 is 1.14 bits per heavy atom. The van der Waals surface area contributed by atoms with Crippen molar-refractivity contribution < 1.29 is 14.1 Å². The standard InChI is InChI=1S/C26H27N5O4/c1-18-23(16-35-29-18)20-5-6-22-24(14-20)28-17-31(26(22)33)15-19-3-2-4-21(13-19)25(32)27-7-8-30-9-11-34-12-10-30/h2-6,13-14,16-17H,7-12,15H2,1H3,(H,27,32). The van der Waals surface area contributed by atoms with E-state index in [1.165, 1.54) is 0 Å². The number of morpholine rings is 1. The molecule has 0 bridgehead atoms. The summed E-state index contributed by atoms with van der Waals surface area (Å²) < 4.78 is 11.9. The summed E-state index contributed by atoms with van der Waals surface area (Å²) in [6, 6.07) is 12.8. The molecule has 180 valence electrons. The zero-order valence-electron chi connectivity index (χ0n) is 19.6. The Hall–Kier alpha value is -3.82. The second-order valence-corrected chi connectivity index (χ2v) is 8.63. The predicted octanol–water partition coefficient (Wildman–Crippen LogP) is 2.47. The van der Waals surface area contributed by atoms with Crippen molar-refractivity contribution in [3.63, 3.8) is 0 Å². The van der Waals surface area contributed by atoms with Crippen LogP contribution in [0.25, 0.3) is 22.0 Å². The van der Waals surface area contributed by atoms with Gasteiger partial charge in [-0.1, -0.05) is 23.4 Å². The van der Waals surface area contributed by atoms with Crippen LogP contribution in [0.5, 0.6) is 0 Å². The van der Waals surface area contributed by atoms with Crippen molar-refractivity contribution >= 4 is 16.8 Å². The number of fused-ring (bicyclic) bond motifs is 1. The minimum atomic E-state index is -0.135. The van der Waals surface area contributed by atoms with Crippen molar-refractivity contribution in [3.8, 4) is 11.1 Å². The average molecular weight is 474 g/mol. The summed E-state index contributed by atoms with van der Waals surface area (Å²) in [7, 11) is 0. The molecule has 1 saturated heterocycles. The van der Waals surface area contributed by atoms with Crippen molar-refractivity contribution in [3.05, 3.63) is 82.2 Å². The van der Waals surface area contributed by atoms with Crippen LogP contribution in [-0.2, 0) is 11.3 Å². The molecule has 1 N–H and O–H groups in total. The van der Waals surface area contributed by atoms with Crippen LogP contribution in [-0.4, -0.2) is 64.9 Å². The number of aryl methyl sites for hydroxylation is 1. The van der Waals surface area contributed by atoms with E-state index in [2.05, 4.69) is 20.4 Å². The summed E-state index contributed by atoms with van der Waals surface area (Å²) in [4.78, 5) is 32.5. The summed E-state index contributed by atoms with van der Waals surface area (Å²) in [6.45, 7) is 6.82. The maximum absolute atomic E-state index is 13.1. The normalized spacial score (nSPS) is 14.3. The van der Waals surface area contributed by atoms with Gasteiger partial charge in [-0.3, -0.25) is 19.1 Å². The van der Waals surface area contributed by atoms with Crippen molar-refractivity contribution in [1.29, 1.82) is 0 Å². The van der Waals surface area contributed by atoms with Gasteiger partial charge in [0.25, 0.3) is 11.5 Å². The van der Waals surface area contributed by atoms with E-state index < -0.39 is 0 Å². The minimum absolute atomic E-state index is 0.124. The van der Waals surface area contributed by atoms with Gasteiger partial charge >= 0.3 is 0 Å². The van der Waals surface area contributed by atoms with Gasteiger partial charge in [0, 0.05) is 37.3 Å². The molecule has 0 aliphatic carbocycles. The summed E-state index contributed by atoms with van der Waals surface area (Å²) in [6.07, 6.45) is 3.13. The number of nitrogens with one attached hydrogen (secondary N) is 1. The molecule has 4 aromatic rings. The number of carbonyl (C=O) groups is 1. The molecule has 0 radical (unpaired) electrons. The highest BCUT2D eigenvalue weighted by Gasteiger charge is 2.13. The first-order valence-corrected chi connectivity index (χ1v) is 11.7. The third-order valence-electron chi connectivity index (χ3n) is 6.25. The fourth-order valence-corrected chi connectivity index (χ4v) is 4.27. The smallest absolute Gasteiger partial charge is 0.261 e. The summed E-state index contributed by atoms with van der Waals surface area (Å²) in [5.41, 5.74) is 4.45. The van der Waals surface area contributed by atoms with Gasteiger partial charge in [-0.15, -0.1) is 0 Å². The first-order chi connectivity index (χ1) is 17.1. The van der Waals surface area contributed by atoms with E-state index in [1.54, 1.807) is 29.3 Å². The van der Waals surface area contributed by atoms with Crippen molar-refractivity contribution in [2.24, 2.45) is 0 Å². The SMILES string of the molecule is Cc1nocc1-c1ccc2c(=O)n(Cc3cccc(C(=O)NCCN4CCOCC4)c3)cnc2c1. The van der Waals surface area contributed by atoms with E-state index in [-0.39, 0.29) is 11.5 Å². The molecule has 1 aliphatic rings. The lowest BCUT2D eigenvalue weighted by Crippen LogP contribution is -2.41. The zero-order chi connectivity index (χ0) is 24.2. The third kappa shape index (κ3) is 5.16. The maximum atomic E-state index is 13.1. The van der Waals surface area contributed by atoms with Crippen molar-refractivity contribution in [1.82, 2.24) is 24.9 Å². The van der Waals surface area contributed by atoms with Crippen LogP contribution in [0.4, 0.5) is 0 Å². The van der Waals surface area contributed by atoms with Gasteiger partial charge in [-0.2, -0.15) is 0 Å². The molecule has 0 spiro atoms. The Morgan fingerprint density at radius 2 is 2.00 bits per heavy atom. The molecule has 2 aromatic carbocycles. The Labute approximate surface area is 202 Å². The number of ether oxygens (including phenoxy) is 1. The van der Waals surface area contributed by atoms with E-state index in [4.69, 9.17) is 9.26 Å². The number of hydrogen-bond acceptors (Lipinski definition) is 7. The third-order valence-corrected chi connectivity index (χ3v) is 6.25. The molecule has 0 saturated carbocycles. The first-order valence-electron chi connectivity index (χ1n) is 11.7. The summed E-state index contributed by atoms with van der Waals surface area (Å²) >= 11 is 0. The van der Waals surface area contributed by atoms with Gasteiger partial charge in [0.2, 0.25) is 0 Å². The highest BCUT2D eigenvalue weighted by atomic mass is 16.5. The largest absolute Gasteiger partial charge is 0.379 e. The average Bonchev–Trinajstić information content (AvgIpc) is 3.32. The van der Waals surface area contributed by atoms with Crippen molar-refractivity contribution in [2.45, 2.75) is 13.5 Å². The predicted molar refractivity (Wildman–Crippen MR) is 131 cm³/mol. The van der Waals surface area contributed by atoms with E-state index >= 15 is 0 Å². The number of benzene rings is 2. The molecule has 3 heterocycles. The molecule has 1 amide bonds. The fraction of sp³-hybridized carbons (Fsp3) is 0.308. The van der Waals surface area contributed by atoms with Crippen LogP contribution in [0.15, 0.2) is 64.4 Å². The van der Waals surface area contributed by atoms with Gasteiger partial charge in [-0.05, 0) is 42.3 Å². The van der Waals surface area contributed by atoms with Crippen LogP contribution in [0.1, 0.15) is 21.6 Å². The molecular formula is C26H27N5O4. The number of aromatic nitrogens is 3. The quantitative estimate of drug-likeness (QED) is 0.440. The summed E-state index contributed by atoms with van der Waals surface area (Å²) in [5.74, 6) is -0.124. The Kier molecular flexibility index (Phi) is 6.69. The van der Waals surface area contributed by atoms with Crippen molar-refractivity contribution in [2.75, 3.05) is 39.4 Å². The first kappa shape index (κ1) is 22.9. The Morgan fingerprint density at radius 3 is 2.80 bits per heavy atom. The molecule has 0 atom stereocenters. The number of nitrogens with zero attached hydrogens (tertiary/aromatic N) is 4. The minimum Gasteiger partial charge on any atom is -0.379 e. The van der Waals surface area contributed by atoms with Crippen LogP contribution in [0.2, 0.25) is 0 Å². The maximum Gasteiger partial charge on any atom is 0.261 e.